The molecule has 1 N–H and O–H groups in total. The molecule has 0 saturated carbocycles. The number of hydrazone groups is 1. The summed E-state index contributed by atoms with van der Waals surface area (Å²) in [6.45, 7) is 16.5. The minimum absolute atomic E-state index is 0.0126. The topological polar surface area (TPSA) is 79.8 Å². The molecule has 3 heterocycles. The Hall–Kier alpha value is -4.39. The third kappa shape index (κ3) is 3.61. The molecule has 0 aliphatic carbocycles. The fourth-order valence-electron chi connectivity index (χ4n) is 6.22. The van der Waals surface area contributed by atoms with E-state index in [2.05, 4.69) is 47.6 Å². The summed E-state index contributed by atoms with van der Waals surface area (Å²) >= 11 is 0. The van der Waals surface area contributed by atoms with Crippen molar-refractivity contribution < 1.29 is 9.90 Å². The van der Waals surface area contributed by atoms with Gasteiger partial charge in [0.25, 0.3) is 11.5 Å². The van der Waals surface area contributed by atoms with Crippen molar-refractivity contribution >= 4 is 17.3 Å². The molecule has 0 radical (unpaired) electrons. The first-order valence-corrected chi connectivity index (χ1v) is 14.0. The zero-order chi connectivity index (χ0) is 29.6. The molecule has 2 aliphatic heterocycles. The van der Waals surface area contributed by atoms with Crippen LogP contribution in [0.2, 0.25) is 0 Å². The molecule has 1 aromatic heterocycles. The zero-order valence-corrected chi connectivity index (χ0v) is 24.9. The molecular formula is C34H36N4O3. The number of benzene rings is 3. The number of phenols is 1. The number of hydrogen-bond donors (Lipinski definition) is 1. The lowest BCUT2D eigenvalue weighted by Crippen LogP contribution is -2.48. The number of fused-ring (bicyclic) bond motifs is 5. The fraction of sp³-hybridized carbons (Fsp3) is 0.324. The Morgan fingerprint density at radius 3 is 2.02 bits per heavy atom. The van der Waals surface area contributed by atoms with Gasteiger partial charge in [-0.3, -0.25) is 14.3 Å². The van der Waals surface area contributed by atoms with E-state index >= 15 is 0 Å². The van der Waals surface area contributed by atoms with Crippen LogP contribution in [0.4, 0.5) is 5.69 Å². The van der Waals surface area contributed by atoms with Gasteiger partial charge in [-0.05, 0) is 66.1 Å². The van der Waals surface area contributed by atoms with Gasteiger partial charge in [0, 0.05) is 16.8 Å². The van der Waals surface area contributed by atoms with Crippen LogP contribution < -0.4 is 10.6 Å². The van der Waals surface area contributed by atoms with E-state index in [0.29, 0.717) is 33.9 Å². The third-order valence-electron chi connectivity index (χ3n) is 8.51. The minimum atomic E-state index is -1.36. The Bertz CT molecular complexity index is 1830. The van der Waals surface area contributed by atoms with Gasteiger partial charge in [-0.1, -0.05) is 77.9 Å². The largest absolute Gasteiger partial charge is 0.507 e. The predicted octanol–water partition coefficient (Wildman–Crippen LogP) is 6.39. The van der Waals surface area contributed by atoms with Crippen molar-refractivity contribution in [3.63, 3.8) is 0 Å². The maximum absolute atomic E-state index is 14.8. The molecule has 7 nitrogen and oxygen atoms in total. The molecule has 0 saturated heterocycles. The number of carbonyl (C=O) groups excluding carboxylic acids is 1. The van der Waals surface area contributed by atoms with Crippen molar-refractivity contribution in [1.82, 2.24) is 9.36 Å². The van der Waals surface area contributed by atoms with E-state index in [1.54, 1.807) is 33.6 Å². The van der Waals surface area contributed by atoms with E-state index in [1.807, 2.05) is 50.2 Å². The molecule has 1 amide bonds. The summed E-state index contributed by atoms with van der Waals surface area (Å²) in [5.74, 6) is -0.238. The number of phenolic OH excluding ortho intramolecular Hbond substituents is 1. The summed E-state index contributed by atoms with van der Waals surface area (Å²) < 4.78 is 3.38. The number of anilines is 1. The number of para-hydroxylation sites is 1. The van der Waals surface area contributed by atoms with Gasteiger partial charge >= 0.3 is 0 Å². The standard InChI is InChI=1S/C34H36N4O3/c1-20-29(25-11-9-10-12-28(25)39)30(40)37-27-18-15-23(33(6,7)8)19-26(27)34(38(20)37)21(2)35-36(31(34)41)24-16-13-22(14-17-24)32(3,4)5/h9-19,39H,1-8H3. The highest BCUT2D eigenvalue weighted by atomic mass is 16.3. The van der Waals surface area contributed by atoms with Gasteiger partial charge in [-0.2, -0.15) is 10.1 Å². The normalized spacial score (nSPS) is 18.2. The molecule has 41 heavy (non-hydrogen) atoms. The molecule has 2 aliphatic rings. The molecule has 0 bridgehead atoms. The van der Waals surface area contributed by atoms with E-state index in [1.165, 1.54) is 5.01 Å². The fourth-order valence-corrected chi connectivity index (χ4v) is 6.22. The van der Waals surface area contributed by atoms with Crippen molar-refractivity contribution in [2.45, 2.75) is 71.8 Å². The van der Waals surface area contributed by atoms with Gasteiger partial charge in [0.1, 0.15) is 5.75 Å². The second-order valence-electron chi connectivity index (χ2n) is 13.2. The Morgan fingerprint density at radius 2 is 1.41 bits per heavy atom. The van der Waals surface area contributed by atoms with E-state index in [4.69, 9.17) is 5.10 Å². The van der Waals surface area contributed by atoms with Crippen LogP contribution in [-0.2, 0) is 21.2 Å². The number of carbonyl (C=O) groups is 1. The van der Waals surface area contributed by atoms with Crippen molar-refractivity contribution in [1.29, 1.82) is 0 Å². The maximum Gasteiger partial charge on any atom is 0.285 e. The van der Waals surface area contributed by atoms with Crippen LogP contribution in [0.15, 0.2) is 76.6 Å². The summed E-state index contributed by atoms with van der Waals surface area (Å²) in [6.07, 6.45) is 0. The van der Waals surface area contributed by atoms with Gasteiger partial charge in [-0.15, -0.1) is 0 Å². The van der Waals surface area contributed by atoms with Crippen molar-refractivity contribution in [2.75, 3.05) is 5.01 Å². The second kappa shape index (κ2) is 8.56. The van der Waals surface area contributed by atoms with Crippen LogP contribution in [-0.4, -0.2) is 26.1 Å². The summed E-state index contributed by atoms with van der Waals surface area (Å²) in [4.78, 5) is 29.0. The Balaban J connectivity index is 1.63. The van der Waals surface area contributed by atoms with Crippen LogP contribution >= 0.6 is 0 Å². The number of aromatic nitrogens is 2. The average Bonchev–Trinajstić information content (AvgIpc) is 3.46. The summed E-state index contributed by atoms with van der Waals surface area (Å²) in [5.41, 5.74) is 4.35. The molecular weight excluding hydrogens is 512 g/mol. The number of aromatic hydroxyl groups is 1. The quantitative estimate of drug-likeness (QED) is 0.315. The molecule has 1 unspecified atom stereocenters. The highest BCUT2D eigenvalue weighted by molar-refractivity contribution is 6.23. The minimum Gasteiger partial charge on any atom is -0.507 e. The maximum atomic E-state index is 14.8. The summed E-state index contributed by atoms with van der Waals surface area (Å²) in [6, 6.07) is 20.7. The van der Waals surface area contributed by atoms with Crippen molar-refractivity contribution in [3.8, 4) is 22.6 Å². The number of amides is 1. The van der Waals surface area contributed by atoms with Gasteiger partial charge < -0.3 is 5.11 Å². The first-order valence-electron chi connectivity index (χ1n) is 14.0. The van der Waals surface area contributed by atoms with Gasteiger partial charge in [0.05, 0.1) is 22.6 Å². The Morgan fingerprint density at radius 1 is 0.805 bits per heavy atom. The molecule has 1 spiro atoms. The predicted molar refractivity (Wildman–Crippen MR) is 163 cm³/mol. The van der Waals surface area contributed by atoms with Crippen LogP contribution in [0, 0.1) is 6.92 Å². The molecule has 3 aromatic carbocycles. The average molecular weight is 549 g/mol. The van der Waals surface area contributed by atoms with Crippen molar-refractivity contribution in [2.24, 2.45) is 5.10 Å². The first kappa shape index (κ1) is 26.8. The third-order valence-corrected chi connectivity index (χ3v) is 8.51. The molecule has 6 rings (SSSR count). The van der Waals surface area contributed by atoms with Crippen LogP contribution in [0.1, 0.15) is 70.9 Å². The van der Waals surface area contributed by atoms with Crippen LogP contribution in [0.3, 0.4) is 0 Å². The summed E-state index contributed by atoms with van der Waals surface area (Å²) in [5, 5.41) is 17.0. The van der Waals surface area contributed by atoms with E-state index in [9.17, 15) is 14.7 Å². The lowest BCUT2D eigenvalue weighted by Gasteiger charge is -2.29. The highest BCUT2D eigenvalue weighted by Gasteiger charge is 2.59. The van der Waals surface area contributed by atoms with E-state index in [0.717, 1.165) is 16.7 Å². The monoisotopic (exact) mass is 548 g/mol. The lowest BCUT2D eigenvalue weighted by molar-refractivity contribution is -0.122. The van der Waals surface area contributed by atoms with E-state index in [-0.39, 0.29) is 28.0 Å². The second-order valence-corrected chi connectivity index (χ2v) is 13.2. The molecule has 0 fully saturated rings. The SMILES string of the molecule is CC1=NN(c2ccc(C(C)(C)C)cc2)C(=O)C12c1cc(C(C)(C)C)ccc1-n1c(=O)c(-c3ccccc3O)c(C)n12. The van der Waals surface area contributed by atoms with Gasteiger partial charge in [-0.25, -0.2) is 4.68 Å². The lowest BCUT2D eigenvalue weighted by atomic mass is 9.80. The molecule has 7 heteroatoms. The zero-order valence-electron chi connectivity index (χ0n) is 24.9. The van der Waals surface area contributed by atoms with Gasteiger partial charge in [0.2, 0.25) is 5.54 Å². The first-order chi connectivity index (χ1) is 19.2. The number of rotatable bonds is 2. The highest BCUT2D eigenvalue weighted by Crippen LogP contribution is 2.48. The Labute approximate surface area is 240 Å². The van der Waals surface area contributed by atoms with Crippen LogP contribution in [0.25, 0.3) is 16.8 Å². The van der Waals surface area contributed by atoms with E-state index < -0.39 is 5.54 Å². The van der Waals surface area contributed by atoms with Crippen LogP contribution in [0.5, 0.6) is 5.75 Å². The molecule has 210 valence electrons. The Kier molecular flexibility index (Phi) is 5.60. The number of nitrogens with zero attached hydrogens (tertiary/aromatic N) is 4. The summed E-state index contributed by atoms with van der Waals surface area (Å²) in [7, 11) is 0. The smallest absolute Gasteiger partial charge is 0.285 e. The number of hydrogen-bond acceptors (Lipinski definition) is 4. The van der Waals surface area contributed by atoms with Crippen molar-refractivity contribution in [3.05, 3.63) is 99.5 Å². The molecule has 1 atom stereocenters. The van der Waals surface area contributed by atoms with Gasteiger partial charge in [0.15, 0.2) is 0 Å². The molecule has 4 aromatic rings.